The summed E-state index contributed by atoms with van der Waals surface area (Å²) >= 11 is 2.04. The monoisotopic (exact) mass is 566 g/mol. The number of thioether (sulfide) groups is 1. The summed E-state index contributed by atoms with van der Waals surface area (Å²) in [4.78, 5) is 13.0. The van der Waals surface area contributed by atoms with Gasteiger partial charge in [0.15, 0.2) is 0 Å². The average Bonchev–Trinajstić information content (AvgIpc) is 3.46. The molecule has 0 spiro atoms. The third kappa shape index (κ3) is 4.75. The summed E-state index contributed by atoms with van der Waals surface area (Å²) < 4.78 is 12.2. The van der Waals surface area contributed by atoms with Crippen molar-refractivity contribution < 1.29 is 4.21 Å². The van der Waals surface area contributed by atoms with Crippen molar-refractivity contribution >= 4 is 33.9 Å². The highest BCUT2D eigenvalue weighted by Gasteiger charge is 2.45. The van der Waals surface area contributed by atoms with Crippen LogP contribution in [0.15, 0.2) is 46.2 Å². The molecule has 0 bridgehead atoms. The fraction of sp³-hybridized carbons (Fsp3) is 0.625. The van der Waals surface area contributed by atoms with E-state index in [-0.39, 0.29) is 0 Å². The van der Waals surface area contributed by atoms with Crippen LogP contribution in [0, 0.1) is 0 Å². The molecule has 5 atom stereocenters. The van der Waals surface area contributed by atoms with Gasteiger partial charge in [-0.15, -0.1) is 11.8 Å². The number of likely N-dealkylation sites (tertiary alicyclic amines) is 2. The van der Waals surface area contributed by atoms with Crippen molar-refractivity contribution in [1.82, 2.24) is 9.80 Å². The zero-order chi connectivity index (χ0) is 27.3. The van der Waals surface area contributed by atoms with Crippen molar-refractivity contribution in [3.8, 4) is 0 Å². The molecule has 2 fully saturated rings. The number of nitrogens with zero attached hydrogens (tertiary/aromatic N) is 4. The van der Waals surface area contributed by atoms with Crippen LogP contribution in [0.3, 0.4) is 0 Å². The van der Waals surface area contributed by atoms with E-state index in [0.29, 0.717) is 18.0 Å². The molecule has 6 heterocycles. The van der Waals surface area contributed by atoms with Crippen LogP contribution in [0.2, 0.25) is 0 Å². The van der Waals surface area contributed by atoms with Crippen molar-refractivity contribution in [2.75, 3.05) is 67.6 Å². The zero-order valence-electron chi connectivity index (χ0n) is 24.4. The molecular formula is C32H46N4OS2. The van der Waals surface area contributed by atoms with E-state index in [1.54, 1.807) is 11.3 Å². The normalized spacial score (nSPS) is 30.4. The fourth-order valence-corrected chi connectivity index (χ4v) is 10.2. The number of piperidine rings is 2. The predicted molar refractivity (Wildman–Crippen MR) is 167 cm³/mol. The minimum Gasteiger partial charge on any atom is -0.366 e. The summed E-state index contributed by atoms with van der Waals surface area (Å²) in [5.74, 6) is 3.42. The van der Waals surface area contributed by atoms with Gasteiger partial charge >= 0.3 is 0 Å². The first-order chi connectivity index (χ1) is 19.0. The van der Waals surface area contributed by atoms with Crippen molar-refractivity contribution in [3.05, 3.63) is 47.5 Å². The van der Waals surface area contributed by atoms with Crippen LogP contribution in [0.5, 0.6) is 0 Å². The van der Waals surface area contributed by atoms with Gasteiger partial charge in [-0.3, -0.25) is 4.21 Å². The zero-order valence-corrected chi connectivity index (χ0v) is 26.1. The lowest BCUT2D eigenvalue weighted by atomic mass is 9.88. The molecule has 0 saturated carbocycles. The SMILES string of the molecule is CC.CC(C)N1CCC2C(C1)c1cccc3c1N2CCS3.CN1CC[C@H]2[C@@H](C1)c1cccc3c1N2CCS3=O. The van der Waals surface area contributed by atoms with Gasteiger partial charge in [0.05, 0.1) is 27.1 Å². The van der Waals surface area contributed by atoms with Crippen LogP contribution >= 0.6 is 11.8 Å². The molecule has 0 amide bonds. The lowest BCUT2D eigenvalue weighted by molar-refractivity contribution is 0.157. The lowest BCUT2D eigenvalue weighted by Gasteiger charge is -2.41. The van der Waals surface area contributed by atoms with E-state index in [2.05, 4.69) is 76.9 Å². The summed E-state index contributed by atoms with van der Waals surface area (Å²) in [6, 6.07) is 15.5. The molecule has 212 valence electrons. The summed E-state index contributed by atoms with van der Waals surface area (Å²) in [5.41, 5.74) is 5.96. The smallest absolute Gasteiger partial charge is 0.0625 e. The van der Waals surface area contributed by atoms with Crippen LogP contribution in [-0.4, -0.2) is 90.0 Å². The van der Waals surface area contributed by atoms with Gasteiger partial charge in [0, 0.05) is 79.1 Å². The molecule has 3 unspecified atom stereocenters. The number of rotatable bonds is 1. The lowest BCUT2D eigenvalue weighted by Crippen LogP contribution is -2.49. The topological polar surface area (TPSA) is 30.0 Å². The molecule has 2 aromatic rings. The fourth-order valence-electron chi connectivity index (χ4n) is 7.92. The first-order valence-corrected chi connectivity index (χ1v) is 17.5. The highest BCUT2D eigenvalue weighted by molar-refractivity contribution is 7.99. The van der Waals surface area contributed by atoms with E-state index < -0.39 is 10.8 Å². The molecule has 2 aromatic carbocycles. The highest BCUT2D eigenvalue weighted by atomic mass is 32.2. The molecule has 7 heteroatoms. The Bertz CT molecular complexity index is 1220. The van der Waals surface area contributed by atoms with Gasteiger partial charge < -0.3 is 19.6 Å². The standard InChI is InChI=1S/C16H22N2S.C14H18N2OS.C2H6/c1-11(2)17-7-6-14-13(10-17)12-4-3-5-15-16(12)18(14)8-9-19-15;1-15-6-5-12-11(9-15)10-3-2-4-13-14(10)16(12)7-8-18(13)17;1-2/h3-5,11,13-14H,6-10H2,1-2H3;2-4,11-12H,5-9H2,1H3;1-2H3/t;11-,12-,18?;/m.0./s1. The predicted octanol–water partition coefficient (Wildman–Crippen LogP) is 5.62. The Balaban J connectivity index is 0.000000134. The van der Waals surface area contributed by atoms with Gasteiger partial charge in [-0.25, -0.2) is 0 Å². The molecule has 6 aliphatic rings. The number of hydrogen-bond acceptors (Lipinski definition) is 6. The molecule has 0 N–H and O–H groups in total. The van der Waals surface area contributed by atoms with Crippen LogP contribution in [-0.2, 0) is 10.8 Å². The van der Waals surface area contributed by atoms with Crippen LogP contribution in [0.4, 0.5) is 11.4 Å². The quantitative estimate of drug-likeness (QED) is 0.445. The Morgan fingerprint density at radius 2 is 1.51 bits per heavy atom. The van der Waals surface area contributed by atoms with Gasteiger partial charge in [0.25, 0.3) is 0 Å². The van der Waals surface area contributed by atoms with Crippen molar-refractivity contribution in [1.29, 1.82) is 0 Å². The van der Waals surface area contributed by atoms with Crippen molar-refractivity contribution in [2.45, 2.75) is 80.3 Å². The number of anilines is 2. The van der Waals surface area contributed by atoms with Crippen molar-refractivity contribution in [3.63, 3.8) is 0 Å². The maximum Gasteiger partial charge on any atom is 0.0625 e. The second kappa shape index (κ2) is 11.4. The van der Waals surface area contributed by atoms with E-state index >= 15 is 0 Å². The first kappa shape index (κ1) is 27.6. The first-order valence-electron chi connectivity index (χ1n) is 15.2. The molecular weight excluding hydrogens is 521 g/mol. The molecule has 6 aliphatic heterocycles. The summed E-state index contributed by atoms with van der Waals surface area (Å²) in [6.45, 7) is 15.7. The maximum atomic E-state index is 12.2. The van der Waals surface area contributed by atoms with Gasteiger partial charge in [-0.2, -0.15) is 0 Å². The Morgan fingerprint density at radius 3 is 2.28 bits per heavy atom. The molecule has 0 aliphatic carbocycles. The maximum absolute atomic E-state index is 12.2. The molecule has 39 heavy (non-hydrogen) atoms. The largest absolute Gasteiger partial charge is 0.366 e. The minimum absolute atomic E-state index is 0.619. The van der Waals surface area contributed by atoms with E-state index in [1.807, 2.05) is 25.6 Å². The van der Waals surface area contributed by atoms with Gasteiger partial charge in [-0.05, 0) is 63.5 Å². The Hall–Kier alpha value is -1.54. The number of fused-ring (bicyclic) bond motifs is 6. The Kier molecular flexibility index (Phi) is 8.06. The van der Waals surface area contributed by atoms with E-state index in [9.17, 15) is 4.21 Å². The second-order valence-corrected chi connectivity index (χ2v) is 14.6. The number of para-hydroxylation sites is 2. The minimum atomic E-state index is -0.784. The third-order valence-corrected chi connectivity index (χ3v) is 12.1. The van der Waals surface area contributed by atoms with E-state index in [0.717, 1.165) is 35.7 Å². The second-order valence-electron chi connectivity index (χ2n) is 11.9. The average molecular weight is 567 g/mol. The Labute approximate surface area is 242 Å². The number of hydrogen-bond donors (Lipinski definition) is 0. The van der Waals surface area contributed by atoms with E-state index in [4.69, 9.17) is 0 Å². The summed E-state index contributed by atoms with van der Waals surface area (Å²) in [6.07, 6.45) is 2.57. The Morgan fingerprint density at radius 1 is 0.846 bits per heavy atom. The highest BCUT2D eigenvalue weighted by Crippen LogP contribution is 2.51. The molecule has 5 nitrogen and oxygen atoms in total. The van der Waals surface area contributed by atoms with E-state index in [1.165, 1.54) is 60.9 Å². The van der Waals surface area contributed by atoms with Crippen LogP contribution in [0.1, 0.15) is 63.5 Å². The van der Waals surface area contributed by atoms with Gasteiger partial charge in [0.2, 0.25) is 0 Å². The summed E-state index contributed by atoms with van der Waals surface area (Å²) in [7, 11) is 1.42. The third-order valence-electron chi connectivity index (χ3n) is 9.70. The van der Waals surface area contributed by atoms with Crippen LogP contribution < -0.4 is 9.80 Å². The van der Waals surface area contributed by atoms with Gasteiger partial charge in [-0.1, -0.05) is 38.1 Å². The number of benzene rings is 2. The van der Waals surface area contributed by atoms with Gasteiger partial charge in [0.1, 0.15) is 0 Å². The molecule has 0 radical (unpaired) electrons. The van der Waals surface area contributed by atoms with Crippen LogP contribution in [0.25, 0.3) is 0 Å². The van der Waals surface area contributed by atoms with Crippen molar-refractivity contribution in [2.24, 2.45) is 0 Å². The summed E-state index contributed by atoms with van der Waals surface area (Å²) in [5, 5.41) is 0. The number of likely N-dealkylation sites (N-methyl/N-ethyl adjacent to an activating group) is 1. The molecule has 8 rings (SSSR count). The molecule has 0 aromatic heterocycles. The molecule has 2 saturated heterocycles.